The first-order valence-electron chi connectivity index (χ1n) is 9.50. The minimum atomic E-state index is -0.435. The summed E-state index contributed by atoms with van der Waals surface area (Å²) in [5, 5.41) is 5.55. The number of benzene rings is 3. The number of carbonyl (C=O) groups excluding carboxylic acids is 1. The molecule has 0 aliphatic carbocycles. The Bertz CT molecular complexity index is 1150. The fourth-order valence-electron chi connectivity index (χ4n) is 2.70. The number of rotatable bonds is 8. The molecular formula is C23H18Cl4N2O3. The van der Waals surface area contributed by atoms with Gasteiger partial charge in [0.2, 0.25) is 0 Å². The fourth-order valence-corrected chi connectivity index (χ4v) is 3.46. The molecule has 0 aliphatic heterocycles. The molecule has 0 spiro atoms. The van der Waals surface area contributed by atoms with E-state index in [-0.39, 0.29) is 11.6 Å². The molecule has 3 aromatic carbocycles. The van der Waals surface area contributed by atoms with E-state index in [1.807, 2.05) is 25.1 Å². The van der Waals surface area contributed by atoms with Crippen LogP contribution in [0.25, 0.3) is 0 Å². The highest BCUT2D eigenvalue weighted by Gasteiger charge is 2.13. The van der Waals surface area contributed by atoms with Gasteiger partial charge in [0, 0.05) is 16.1 Å². The summed E-state index contributed by atoms with van der Waals surface area (Å²) in [6.45, 7) is 2.49. The lowest BCUT2D eigenvalue weighted by molar-refractivity contribution is 0.0955. The van der Waals surface area contributed by atoms with E-state index in [9.17, 15) is 4.79 Å². The van der Waals surface area contributed by atoms with E-state index in [0.29, 0.717) is 44.3 Å². The monoisotopic (exact) mass is 510 g/mol. The van der Waals surface area contributed by atoms with Crippen molar-refractivity contribution in [2.24, 2.45) is 5.10 Å². The third kappa shape index (κ3) is 6.30. The van der Waals surface area contributed by atoms with Crippen LogP contribution >= 0.6 is 46.4 Å². The van der Waals surface area contributed by atoms with Gasteiger partial charge in [-0.2, -0.15) is 5.10 Å². The summed E-state index contributed by atoms with van der Waals surface area (Å²) in [4.78, 5) is 12.2. The number of nitrogens with one attached hydrogen (secondary N) is 1. The molecule has 9 heteroatoms. The van der Waals surface area contributed by atoms with Gasteiger partial charge < -0.3 is 9.47 Å². The third-order valence-corrected chi connectivity index (χ3v) is 5.61. The van der Waals surface area contributed by atoms with Crippen LogP contribution in [0.4, 0.5) is 0 Å². The average Bonchev–Trinajstić information content (AvgIpc) is 2.76. The molecule has 3 rings (SSSR count). The molecule has 0 heterocycles. The molecule has 0 aliphatic rings. The zero-order chi connectivity index (χ0) is 23.1. The van der Waals surface area contributed by atoms with Gasteiger partial charge in [-0.1, -0.05) is 64.6 Å². The first-order valence-corrected chi connectivity index (χ1v) is 11.0. The Morgan fingerprint density at radius 2 is 1.72 bits per heavy atom. The number of hydrazone groups is 1. The molecule has 0 bridgehead atoms. The first-order chi connectivity index (χ1) is 15.4. The number of hydrogen-bond acceptors (Lipinski definition) is 4. The molecule has 166 valence electrons. The van der Waals surface area contributed by atoms with Crippen LogP contribution in [0.2, 0.25) is 20.1 Å². The van der Waals surface area contributed by atoms with Crippen molar-refractivity contribution < 1.29 is 14.3 Å². The highest BCUT2D eigenvalue weighted by atomic mass is 35.5. The van der Waals surface area contributed by atoms with Crippen LogP contribution < -0.4 is 14.9 Å². The maximum atomic E-state index is 12.2. The van der Waals surface area contributed by atoms with Gasteiger partial charge in [0.15, 0.2) is 11.5 Å². The molecule has 0 aromatic heterocycles. The predicted octanol–water partition coefficient (Wildman–Crippen LogP) is 7.04. The molecule has 0 saturated heterocycles. The van der Waals surface area contributed by atoms with Crippen molar-refractivity contribution in [3.63, 3.8) is 0 Å². The molecule has 1 N–H and O–H groups in total. The number of carbonyl (C=O) groups is 1. The highest BCUT2D eigenvalue weighted by molar-refractivity contribution is 6.42. The van der Waals surface area contributed by atoms with Crippen molar-refractivity contribution in [1.82, 2.24) is 5.43 Å². The Balaban J connectivity index is 1.73. The van der Waals surface area contributed by atoms with E-state index in [2.05, 4.69) is 10.5 Å². The summed E-state index contributed by atoms with van der Waals surface area (Å²) in [5.74, 6) is 0.408. The van der Waals surface area contributed by atoms with Crippen molar-refractivity contribution in [1.29, 1.82) is 0 Å². The van der Waals surface area contributed by atoms with Crippen LogP contribution in [0.1, 0.15) is 28.4 Å². The van der Waals surface area contributed by atoms with E-state index >= 15 is 0 Å². The van der Waals surface area contributed by atoms with Crippen molar-refractivity contribution in [3.8, 4) is 11.5 Å². The number of amides is 1. The van der Waals surface area contributed by atoms with Crippen LogP contribution in [-0.2, 0) is 6.61 Å². The predicted molar refractivity (Wildman–Crippen MR) is 130 cm³/mol. The van der Waals surface area contributed by atoms with Crippen molar-refractivity contribution in [3.05, 3.63) is 91.4 Å². The number of halogens is 4. The number of nitrogens with zero attached hydrogens (tertiary/aromatic N) is 1. The molecule has 3 aromatic rings. The second kappa shape index (κ2) is 11.4. The quantitative estimate of drug-likeness (QED) is 0.260. The Kier molecular flexibility index (Phi) is 8.65. The lowest BCUT2D eigenvalue weighted by Crippen LogP contribution is -2.17. The maximum absolute atomic E-state index is 12.2. The fraction of sp³-hybridized carbons (Fsp3) is 0.130. The smallest absolute Gasteiger partial charge is 0.271 e. The summed E-state index contributed by atoms with van der Waals surface area (Å²) in [7, 11) is 0. The van der Waals surface area contributed by atoms with E-state index in [0.717, 1.165) is 5.56 Å². The van der Waals surface area contributed by atoms with Crippen LogP contribution in [-0.4, -0.2) is 18.7 Å². The minimum absolute atomic E-state index is 0.229. The number of hydrogen-bond donors (Lipinski definition) is 1. The molecule has 32 heavy (non-hydrogen) atoms. The van der Waals surface area contributed by atoms with E-state index in [1.165, 1.54) is 18.3 Å². The zero-order valence-corrected chi connectivity index (χ0v) is 19.9. The molecule has 0 saturated carbocycles. The molecule has 5 nitrogen and oxygen atoms in total. The first kappa shape index (κ1) is 24.2. The normalized spacial score (nSPS) is 10.9. The number of ether oxygens (including phenoxy) is 2. The molecule has 1 amide bonds. The minimum Gasteiger partial charge on any atom is -0.490 e. The molecular weight excluding hydrogens is 494 g/mol. The molecule has 0 unspecified atom stereocenters. The van der Waals surface area contributed by atoms with Gasteiger partial charge in [0.1, 0.15) is 6.61 Å². The summed E-state index contributed by atoms with van der Waals surface area (Å²) >= 11 is 24.4. The SMILES string of the molecule is CCOc1cc(/C=N\NC(=O)c2ccc(Cl)c(Cl)c2)cc(Cl)c1OCc1ccccc1Cl. The highest BCUT2D eigenvalue weighted by Crippen LogP contribution is 2.37. The Hall–Kier alpha value is -2.44. The second-order valence-corrected chi connectivity index (χ2v) is 8.10. The molecule has 0 atom stereocenters. The van der Waals surface area contributed by atoms with Crippen molar-refractivity contribution in [2.45, 2.75) is 13.5 Å². The Morgan fingerprint density at radius 1 is 0.938 bits per heavy atom. The summed E-state index contributed by atoms with van der Waals surface area (Å²) in [5.41, 5.74) is 4.19. The van der Waals surface area contributed by atoms with Crippen molar-refractivity contribution >= 4 is 58.5 Å². The third-order valence-electron chi connectivity index (χ3n) is 4.22. The Labute approximate surface area is 205 Å². The lowest BCUT2D eigenvalue weighted by atomic mass is 10.2. The summed E-state index contributed by atoms with van der Waals surface area (Å²) < 4.78 is 11.6. The van der Waals surface area contributed by atoms with E-state index < -0.39 is 5.91 Å². The average molecular weight is 512 g/mol. The van der Waals surface area contributed by atoms with Crippen LogP contribution in [0.5, 0.6) is 11.5 Å². The van der Waals surface area contributed by atoms with Gasteiger partial charge >= 0.3 is 0 Å². The van der Waals surface area contributed by atoms with Gasteiger partial charge in [-0.25, -0.2) is 5.43 Å². The molecule has 0 radical (unpaired) electrons. The van der Waals surface area contributed by atoms with Gasteiger partial charge in [0.25, 0.3) is 5.91 Å². The van der Waals surface area contributed by atoms with Crippen LogP contribution in [0.15, 0.2) is 59.7 Å². The van der Waals surface area contributed by atoms with Crippen molar-refractivity contribution in [2.75, 3.05) is 6.61 Å². The van der Waals surface area contributed by atoms with Gasteiger partial charge in [-0.15, -0.1) is 0 Å². The van der Waals surface area contributed by atoms with Crippen LogP contribution in [0.3, 0.4) is 0 Å². The molecule has 0 fully saturated rings. The van der Waals surface area contributed by atoms with E-state index in [4.69, 9.17) is 55.9 Å². The second-order valence-electron chi connectivity index (χ2n) is 6.47. The largest absolute Gasteiger partial charge is 0.490 e. The van der Waals surface area contributed by atoms with Gasteiger partial charge in [-0.3, -0.25) is 4.79 Å². The van der Waals surface area contributed by atoms with E-state index in [1.54, 1.807) is 24.3 Å². The summed E-state index contributed by atoms with van der Waals surface area (Å²) in [6.07, 6.45) is 1.45. The van der Waals surface area contributed by atoms with Gasteiger partial charge in [-0.05, 0) is 48.9 Å². The van der Waals surface area contributed by atoms with Crippen LogP contribution in [0, 0.1) is 0 Å². The zero-order valence-electron chi connectivity index (χ0n) is 16.9. The lowest BCUT2D eigenvalue weighted by Gasteiger charge is -2.15. The summed E-state index contributed by atoms with van der Waals surface area (Å²) in [6, 6.07) is 15.3. The topological polar surface area (TPSA) is 59.9 Å². The Morgan fingerprint density at radius 3 is 2.44 bits per heavy atom. The maximum Gasteiger partial charge on any atom is 0.271 e. The van der Waals surface area contributed by atoms with Gasteiger partial charge in [0.05, 0.1) is 27.9 Å². The standard InChI is InChI=1S/C23H18Cl4N2O3/c1-2-31-21-10-14(12-28-29-23(30)15-7-8-18(25)19(26)11-15)9-20(27)22(21)32-13-16-5-3-4-6-17(16)24/h3-12H,2,13H2,1H3,(H,29,30)/b28-12-.